The molecule has 0 spiro atoms. The number of nitrogens with two attached hydrogens (primary N) is 1. The van der Waals surface area contributed by atoms with Crippen molar-refractivity contribution >= 4 is 43.4 Å². The third-order valence-electron chi connectivity index (χ3n) is 3.16. The lowest BCUT2D eigenvalue weighted by Crippen LogP contribution is -2.39. The molecule has 0 atom stereocenters. The lowest BCUT2D eigenvalue weighted by atomic mass is 10.3. The Balaban J connectivity index is 1.99. The Hall–Kier alpha value is -0.350. The van der Waals surface area contributed by atoms with E-state index in [1.165, 1.54) is 0 Å². The highest BCUT2D eigenvalue weighted by molar-refractivity contribution is 9.10. The van der Waals surface area contributed by atoms with Gasteiger partial charge in [-0.1, -0.05) is 0 Å². The number of hydrogen-bond donors (Lipinski definition) is 2. The molecule has 0 radical (unpaired) electrons. The molecule has 5 nitrogen and oxygen atoms in total. The van der Waals surface area contributed by atoms with Crippen LogP contribution in [-0.4, -0.2) is 51.0 Å². The van der Waals surface area contributed by atoms with Gasteiger partial charge in [0.1, 0.15) is 5.82 Å². The van der Waals surface area contributed by atoms with Gasteiger partial charge in [-0.15, -0.1) is 0 Å². The molecule has 1 saturated heterocycles. The average Bonchev–Trinajstić information content (AvgIpc) is 2.43. The average molecular weight is 398 g/mol. The summed E-state index contributed by atoms with van der Waals surface area (Å²) < 4.78 is 40.4. The molecule has 0 bridgehead atoms. The van der Waals surface area contributed by atoms with Gasteiger partial charge >= 0.3 is 0 Å². The summed E-state index contributed by atoms with van der Waals surface area (Å²) in [4.78, 5) is 2.17. The first kappa shape index (κ1) is 17.0. The summed E-state index contributed by atoms with van der Waals surface area (Å²) in [6, 6.07) is 2.19. The van der Waals surface area contributed by atoms with Gasteiger partial charge in [-0.2, -0.15) is 11.8 Å². The molecule has 9 heteroatoms. The Labute approximate surface area is 136 Å². The van der Waals surface area contributed by atoms with E-state index in [2.05, 4.69) is 25.6 Å². The fraction of sp³-hybridized carbons (Fsp3) is 0.500. The topological polar surface area (TPSA) is 75.4 Å². The van der Waals surface area contributed by atoms with Crippen molar-refractivity contribution in [3.05, 3.63) is 22.4 Å². The largest absolute Gasteiger partial charge is 0.396 e. The van der Waals surface area contributed by atoms with Crippen LogP contribution >= 0.6 is 27.7 Å². The zero-order chi connectivity index (χ0) is 15.5. The van der Waals surface area contributed by atoms with Crippen LogP contribution in [0.25, 0.3) is 0 Å². The van der Waals surface area contributed by atoms with Gasteiger partial charge in [-0.05, 0) is 28.1 Å². The number of thioether (sulfide) groups is 1. The van der Waals surface area contributed by atoms with Crippen LogP contribution in [0.2, 0.25) is 0 Å². The minimum absolute atomic E-state index is 0.0457. The summed E-state index contributed by atoms with van der Waals surface area (Å²) in [5, 5.41) is 0. The maximum Gasteiger partial charge on any atom is 0.241 e. The molecular weight excluding hydrogens is 381 g/mol. The number of rotatable bonds is 5. The van der Waals surface area contributed by atoms with E-state index in [4.69, 9.17) is 5.73 Å². The minimum Gasteiger partial charge on any atom is -0.396 e. The number of anilines is 1. The first-order chi connectivity index (χ1) is 9.90. The normalized spacial score (nSPS) is 17.0. The molecule has 0 amide bonds. The van der Waals surface area contributed by atoms with Crippen molar-refractivity contribution in [3.8, 4) is 0 Å². The van der Waals surface area contributed by atoms with E-state index in [1.807, 2.05) is 11.8 Å². The number of benzene rings is 1. The molecule has 1 aliphatic heterocycles. The van der Waals surface area contributed by atoms with Gasteiger partial charge in [0.15, 0.2) is 0 Å². The van der Waals surface area contributed by atoms with Gasteiger partial charge in [-0.25, -0.2) is 17.5 Å². The third kappa shape index (κ3) is 4.56. The van der Waals surface area contributed by atoms with Gasteiger partial charge in [-0.3, -0.25) is 0 Å². The molecule has 1 heterocycles. The van der Waals surface area contributed by atoms with E-state index in [-0.39, 0.29) is 15.1 Å². The number of halogens is 2. The van der Waals surface area contributed by atoms with Crippen LogP contribution < -0.4 is 10.5 Å². The second kappa shape index (κ2) is 7.28. The molecule has 1 fully saturated rings. The van der Waals surface area contributed by atoms with Crippen molar-refractivity contribution in [2.45, 2.75) is 4.90 Å². The van der Waals surface area contributed by atoms with E-state index in [0.717, 1.165) is 36.7 Å². The Morgan fingerprint density at radius 2 is 2.05 bits per heavy atom. The number of hydrogen-bond acceptors (Lipinski definition) is 5. The van der Waals surface area contributed by atoms with Crippen molar-refractivity contribution in [3.63, 3.8) is 0 Å². The Morgan fingerprint density at radius 1 is 1.38 bits per heavy atom. The van der Waals surface area contributed by atoms with Crippen molar-refractivity contribution < 1.29 is 12.8 Å². The van der Waals surface area contributed by atoms with Crippen LogP contribution in [0.3, 0.4) is 0 Å². The second-order valence-corrected chi connectivity index (χ2v) is 8.47. The summed E-state index contributed by atoms with van der Waals surface area (Å²) in [6.45, 7) is 2.92. The standard InChI is InChI=1S/C12H17BrFN3O2S2/c13-9-7-10(14)11(15)8-12(9)21(18,19)16-1-2-17-3-5-20-6-4-17/h7-8,16H,1-6,15H2. The predicted molar refractivity (Wildman–Crippen MR) is 87.5 cm³/mol. The highest BCUT2D eigenvalue weighted by atomic mass is 79.9. The molecule has 1 aliphatic rings. The summed E-state index contributed by atoms with van der Waals surface area (Å²) >= 11 is 4.96. The van der Waals surface area contributed by atoms with Crippen LogP contribution in [-0.2, 0) is 10.0 Å². The van der Waals surface area contributed by atoms with Gasteiger partial charge in [0.2, 0.25) is 10.0 Å². The smallest absolute Gasteiger partial charge is 0.241 e. The summed E-state index contributed by atoms with van der Waals surface area (Å²) in [7, 11) is -3.71. The van der Waals surface area contributed by atoms with Crippen molar-refractivity contribution in [1.82, 2.24) is 9.62 Å². The summed E-state index contributed by atoms with van der Waals surface area (Å²) in [5.41, 5.74) is 5.24. The first-order valence-corrected chi connectivity index (χ1v) is 9.87. The van der Waals surface area contributed by atoms with Crippen molar-refractivity contribution in [2.24, 2.45) is 0 Å². The van der Waals surface area contributed by atoms with Crippen LogP contribution in [0.15, 0.2) is 21.5 Å². The van der Waals surface area contributed by atoms with Gasteiger partial charge in [0, 0.05) is 42.2 Å². The molecule has 0 aliphatic carbocycles. The molecule has 0 saturated carbocycles. The molecule has 1 aromatic carbocycles. The van der Waals surface area contributed by atoms with Gasteiger partial charge < -0.3 is 10.6 Å². The van der Waals surface area contributed by atoms with E-state index in [0.29, 0.717) is 13.1 Å². The monoisotopic (exact) mass is 397 g/mol. The predicted octanol–water partition coefficient (Wildman–Crippen LogP) is 1.50. The van der Waals surface area contributed by atoms with Gasteiger partial charge in [0.25, 0.3) is 0 Å². The highest BCUT2D eigenvalue weighted by Crippen LogP contribution is 2.26. The summed E-state index contributed by atoms with van der Waals surface area (Å²) in [5.74, 6) is 1.51. The number of nitrogen functional groups attached to an aromatic ring is 1. The lowest BCUT2D eigenvalue weighted by molar-refractivity contribution is 0.307. The molecular formula is C12H17BrFN3O2S2. The third-order valence-corrected chi connectivity index (χ3v) is 6.53. The number of nitrogens with zero attached hydrogens (tertiary/aromatic N) is 1. The molecule has 0 aromatic heterocycles. The number of nitrogens with one attached hydrogen (secondary N) is 1. The van der Waals surface area contributed by atoms with Crippen LogP contribution in [0.1, 0.15) is 0 Å². The van der Waals surface area contributed by atoms with Crippen LogP contribution in [0.4, 0.5) is 10.1 Å². The first-order valence-electron chi connectivity index (χ1n) is 6.44. The second-order valence-electron chi connectivity index (χ2n) is 4.66. The zero-order valence-electron chi connectivity index (χ0n) is 11.3. The maximum atomic E-state index is 13.3. The van der Waals surface area contributed by atoms with E-state index < -0.39 is 15.8 Å². The van der Waals surface area contributed by atoms with E-state index in [9.17, 15) is 12.8 Å². The molecule has 118 valence electrons. The molecule has 21 heavy (non-hydrogen) atoms. The quantitative estimate of drug-likeness (QED) is 0.736. The van der Waals surface area contributed by atoms with Crippen LogP contribution in [0.5, 0.6) is 0 Å². The van der Waals surface area contributed by atoms with Crippen molar-refractivity contribution in [2.75, 3.05) is 43.4 Å². The van der Waals surface area contributed by atoms with E-state index in [1.54, 1.807) is 0 Å². The fourth-order valence-electron chi connectivity index (χ4n) is 1.99. The zero-order valence-corrected chi connectivity index (χ0v) is 14.5. The molecule has 3 N–H and O–H groups in total. The van der Waals surface area contributed by atoms with Crippen LogP contribution in [0, 0.1) is 5.82 Å². The molecule has 0 unspecified atom stereocenters. The fourth-order valence-corrected chi connectivity index (χ4v) is 5.04. The minimum atomic E-state index is -3.71. The molecule has 1 aromatic rings. The highest BCUT2D eigenvalue weighted by Gasteiger charge is 2.20. The Bertz CT molecular complexity index is 607. The Kier molecular flexibility index (Phi) is 5.89. The van der Waals surface area contributed by atoms with Crippen molar-refractivity contribution in [1.29, 1.82) is 0 Å². The van der Waals surface area contributed by atoms with E-state index >= 15 is 0 Å². The SMILES string of the molecule is Nc1cc(S(=O)(=O)NCCN2CCSCC2)c(Br)cc1F. The lowest BCUT2D eigenvalue weighted by Gasteiger charge is -2.26. The summed E-state index contributed by atoms with van der Waals surface area (Å²) in [6.07, 6.45) is 0. The number of sulfonamides is 1. The maximum absolute atomic E-state index is 13.3. The molecule has 2 rings (SSSR count). The van der Waals surface area contributed by atoms with Gasteiger partial charge in [0.05, 0.1) is 10.6 Å². The Morgan fingerprint density at radius 3 is 2.71 bits per heavy atom.